The van der Waals surface area contributed by atoms with Gasteiger partial charge >= 0.3 is 15.6 Å². The molecule has 1 aliphatic carbocycles. The van der Waals surface area contributed by atoms with Gasteiger partial charge in [-0.05, 0) is 33.1 Å². The molecule has 1 aromatic carbocycles. The molecular formula is C19H27F3O5S. The second-order valence-electron chi connectivity index (χ2n) is 5.78. The molecule has 0 saturated carbocycles. The van der Waals surface area contributed by atoms with Crippen LogP contribution in [0.4, 0.5) is 13.2 Å². The Morgan fingerprint density at radius 1 is 1.21 bits per heavy atom. The standard InChI is InChI=1S/C14H15F3O5S.C3H6.C2H6/c1-8-3-2-4-9(5-8)13-11(18)6-10(7-12(13)19)22-23(20,21)14(15,16)17;1-3-2;1-2/h5-7,9,18-19H,2-4H2,1H3;3H,1H2,2H3;1-2H3/t9-;;/m0../s1. The van der Waals surface area contributed by atoms with E-state index in [2.05, 4.69) is 10.8 Å². The maximum absolute atomic E-state index is 12.3. The molecule has 160 valence electrons. The van der Waals surface area contributed by atoms with Gasteiger partial charge in [0.05, 0.1) is 0 Å². The zero-order valence-corrected chi connectivity index (χ0v) is 17.2. The number of allylic oxidation sites excluding steroid dienone is 3. The van der Waals surface area contributed by atoms with Crippen molar-refractivity contribution in [3.05, 3.63) is 42.0 Å². The molecule has 0 unspecified atom stereocenters. The van der Waals surface area contributed by atoms with Gasteiger partial charge in [0, 0.05) is 23.6 Å². The highest BCUT2D eigenvalue weighted by atomic mass is 32.2. The fraction of sp³-hybridized carbons (Fsp3) is 0.474. The van der Waals surface area contributed by atoms with E-state index in [0.717, 1.165) is 30.5 Å². The number of phenolic OH excluding ortho intramolecular Hbond substituents is 2. The largest absolute Gasteiger partial charge is 0.534 e. The highest BCUT2D eigenvalue weighted by Crippen LogP contribution is 2.43. The lowest BCUT2D eigenvalue weighted by atomic mass is 9.85. The first-order valence-electron chi connectivity index (χ1n) is 8.74. The number of halogens is 3. The van der Waals surface area contributed by atoms with Crippen molar-refractivity contribution in [1.29, 1.82) is 0 Å². The molecule has 0 spiro atoms. The molecule has 2 rings (SSSR count). The van der Waals surface area contributed by atoms with Crippen LogP contribution in [0.2, 0.25) is 0 Å². The summed E-state index contributed by atoms with van der Waals surface area (Å²) in [6.07, 6.45) is 5.99. The number of aromatic hydroxyl groups is 2. The fourth-order valence-electron chi connectivity index (χ4n) is 2.54. The lowest BCUT2D eigenvalue weighted by molar-refractivity contribution is -0.0500. The summed E-state index contributed by atoms with van der Waals surface area (Å²) >= 11 is 0. The van der Waals surface area contributed by atoms with Crippen LogP contribution < -0.4 is 4.18 Å². The van der Waals surface area contributed by atoms with Crippen LogP contribution in [-0.4, -0.2) is 24.1 Å². The van der Waals surface area contributed by atoms with E-state index >= 15 is 0 Å². The average Bonchev–Trinajstić information content (AvgIpc) is 2.55. The normalized spacial score (nSPS) is 16.5. The van der Waals surface area contributed by atoms with Crippen LogP contribution in [0.15, 0.2) is 36.4 Å². The van der Waals surface area contributed by atoms with Crippen molar-refractivity contribution in [1.82, 2.24) is 0 Å². The predicted octanol–water partition coefficient (Wildman–Crippen LogP) is 5.76. The Morgan fingerprint density at radius 2 is 1.68 bits per heavy atom. The van der Waals surface area contributed by atoms with Crippen LogP contribution in [-0.2, 0) is 10.1 Å². The van der Waals surface area contributed by atoms with Crippen LogP contribution in [0.25, 0.3) is 0 Å². The molecule has 9 heteroatoms. The minimum Gasteiger partial charge on any atom is -0.507 e. The summed E-state index contributed by atoms with van der Waals surface area (Å²) in [7, 11) is -5.86. The van der Waals surface area contributed by atoms with E-state index in [1.165, 1.54) is 0 Å². The van der Waals surface area contributed by atoms with E-state index < -0.39 is 32.9 Å². The Kier molecular flexibility index (Phi) is 10.1. The molecule has 0 radical (unpaired) electrons. The zero-order valence-electron chi connectivity index (χ0n) is 16.4. The van der Waals surface area contributed by atoms with Crippen LogP contribution >= 0.6 is 0 Å². The number of alkyl halides is 3. The van der Waals surface area contributed by atoms with Crippen molar-refractivity contribution in [3.8, 4) is 17.2 Å². The lowest BCUT2D eigenvalue weighted by Crippen LogP contribution is -2.28. The Morgan fingerprint density at radius 3 is 2.07 bits per heavy atom. The lowest BCUT2D eigenvalue weighted by Gasteiger charge is -2.22. The molecule has 1 aromatic rings. The topological polar surface area (TPSA) is 83.8 Å². The van der Waals surface area contributed by atoms with Crippen LogP contribution in [0.3, 0.4) is 0 Å². The summed E-state index contributed by atoms with van der Waals surface area (Å²) in [5, 5.41) is 19.9. The number of benzene rings is 1. The summed E-state index contributed by atoms with van der Waals surface area (Å²) in [5.74, 6) is -2.14. The minimum absolute atomic E-state index is 0.140. The SMILES string of the molecule is C=CC.CC.CC1=C[C@@H](c2c(O)cc(OS(=O)(=O)C(F)(F)F)cc2O)CCC1. The molecule has 0 fully saturated rings. The van der Waals surface area contributed by atoms with E-state index in [4.69, 9.17) is 0 Å². The zero-order chi connectivity index (χ0) is 22.1. The highest BCUT2D eigenvalue weighted by Gasteiger charge is 2.48. The summed E-state index contributed by atoms with van der Waals surface area (Å²) in [6, 6.07) is 1.49. The molecule has 0 heterocycles. The third-order valence-corrected chi connectivity index (χ3v) is 4.52. The first-order chi connectivity index (χ1) is 12.9. The smallest absolute Gasteiger partial charge is 0.507 e. The van der Waals surface area contributed by atoms with E-state index in [0.29, 0.717) is 6.42 Å². The van der Waals surface area contributed by atoms with Gasteiger partial charge in [-0.2, -0.15) is 21.6 Å². The van der Waals surface area contributed by atoms with E-state index in [1.807, 2.05) is 33.8 Å². The molecule has 2 N–H and O–H groups in total. The van der Waals surface area contributed by atoms with Gasteiger partial charge in [0.25, 0.3) is 0 Å². The van der Waals surface area contributed by atoms with Gasteiger partial charge in [-0.25, -0.2) is 0 Å². The molecular weight excluding hydrogens is 397 g/mol. The van der Waals surface area contributed by atoms with Crippen LogP contribution in [0, 0.1) is 0 Å². The molecule has 0 saturated heterocycles. The molecule has 5 nitrogen and oxygen atoms in total. The predicted molar refractivity (Wildman–Crippen MR) is 103 cm³/mol. The first-order valence-corrected chi connectivity index (χ1v) is 10.1. The molecule has 0 bridgehead atoms. The van der Waals surface area contributed by atoms with Gasteiger partial charge < -0.3 is 14.4 Å². The summed E-state index contributed by atoms with van der Waals surface area (Å²) in [6.45, 7) is 11.1. The van der Waals surface area contributed by atoms with Gasteiger partial charge in [-0.15, -0.1) is 6.58 Å². The Labute approximate surface area is 164 Å². The monoisotopic (exact) mass is 424 g/mol. The van der Waals surface area contributed by atoms with Crippen LogP contribution in [0.1, 0.15) is 58.4 Å². The maximum atomic E-state index is 12.3. The summed E-state index contributed by atoms with van der Waals surface area (Å²) in [4.78, 5) is 0. The molecule has 28 heavy (non-hydrogen) atoms. The maximum Gasteiger partial charge on any atom is 0.534 e. The summed E-state index contributed by atoms with van der Waals surface area (Å²) in [5.41, 5.74) is -4.39. The molecule has 1 aliphatic rings. The number of hydrogen-bond acceptors (Lipinski definition) is 5. The van der Waals surface area contributed by atoms with E-state index in [1.54, 1.807) is 6.08 Å². The summed E-state index contributed by atoms with van der Waals surface area (Å²) < 4.78 is 62.7. The molecule has 0 amide bonds. The van der Waals surface area contributed by atoms with Crippen LogP contribution in [0.5, 0.6) is 17.2 Å². The van der Waals surface area contributed by atoms with Gasteiger partial charge in [-0.1, -0.05) is 31.6 Å². The first kappa shape index (κ1) is 25.8. The third kappa shape index (κ3) is 7.10. The quantitative estimate of drug-likeness (QED) is 0.366. The molecule has 1 atom stereocenters. The number of rotatable bonds is 3. The fourth-order valence-corrected chi connectivity index (χ4v) is 2.98. The molecule has 0 aromatic heterocycles. The molecule has 0 aliphatic heterocycles. The highest BCUT2D eigenvalue weighted by molar-refractivity contribution is 7.88. The number of phenols is 2. The van der Waals surface area contributed by atoms with Crippen molar-refractivity contribution in [2.24, 2.45) is 0 Å². The van der Waals surface area contributed by atoms with Gasteiger partial charge in [0.15, 0.2) is 0 Å². The minimum atomic E-state index is -5.86. The van der Waals surface area contributed by atoms with Gasteiger partial charge in [0.2, 0.25) is 0 Å². The third-order valence-electron chi connectivity index (χ3n) is 3.54. The Balaban J connectivity index is 0.00000133. The number of hydrogen-bond donors (Lipinski definition) is 2. The van der Waals surface area contributed by atoms with Gasteiger partial charge in [0.1, 0.15) is 17.2 Å². The second kappa shape index (κ2) is 11.0. The van der Waals surface area contributed by atoms with Crippen molar-refractivity contribution >= 4 is 10.1 Å². The average molecular weight is 424 g/mol. The second-order valence-corrected chi connectivity index (χ2v) is 7.32. The van der Waals surface area contributed by atoms with E-state index in [-0.39, 0.29) is 11.5 Å². The van der Waals surface area contributed by atoms with Crippen molar-refractivity contribution in [2.75, 3.05) is 0 Å². The Hall–Kier alpha value is -2.16. The van der Waals surface area contributed by atoms with Gasteiger partial charge in [-0.3, -0.25) is 0 Å². The van der Waals surface area contributed by atoms with Crippen molar-refractivity contribution in [2.45, 2.75) is 58.4 Å². The van der Waals surface area contributed by atoms with Crippen molar-refractivity contribution < 1.29 is 36.0 Å². The van der Waals surface area contributed by atoms with E-state index in [9.17, 15) is 31.8 Å². The van der Waals surface area contributed by atoms with Crippen molar-refractivity contribution in [3.63, 3.8) is 0 Å². The Bertz CT molecular complexity index is 760.